The summed E-state index contributed by atoms with van der Waals surface area (Å²) in [5.41, 5.74) is -1.13. The molecule has 2 aliphatic heterocycles. The topological polar surface area (TPSA) is 136 Å². The van der Waals surface area contributed by atoms with Crippen molar-refractivity contribution in [3.8, 4) is 0 Å². The van der Waals surface area contributed by atoms with Gasteiger partial charge in [-0.2, -0.15) is 0 Å². The molecular weight excluding hydrogens is 755 g/mol. The number of hydrogen-bond acceptors (Lipinski definition) is 8. The summed E-state index contributed by atoms with van der Waals surface area (Å²) in [4.78, 5) is 24.8. The van der Waals surface area contributed by atoms with Gasteiger partial charge in [-0.25, -0.2) is 14.0 Å². The summed E-state index contributed by atoms with van der Waals surface area (Å²) < 4.78 is 38.3. The van der Waals surface area contributed by atoms with E-state index in [4.69, 9.17) is 18.9 Å². The van der Waals surface area contributed by atoms with E-state index in [0.717, 1.165) is 15.6 Å². The van der Waals surface area contributed by atoms with Gasteiger partial charge in [-0.05, 0) is 104 Å². The molecule has 10 nitrogen and oxygen atoms in total. The van der Waals surface area contributed by atoms with Crippen LogP contribution in [0.3, 0.4) is 0 Å². The molecule has 0 spiro atoms. The maximum absolute atomic E-state index is 14.5. The van der Waals surface area contributed by atoms with Crippen LogP contribution in [-0.2, 0) is 30.0 Å². The van der Waals surface area contributed by atoms with Gasteiger partial charge >= 0.3 is 12.2 Å². The summed E-state index contributed by atoms with van der Waals surface area (Å²) in [5, 5.41) is 25.5. The minimum absolute atomic E-state index is 0.0476. The molecule has 4 rings (SSSR count). The minimum atomic E-state index is -1.20. The highest BCUT2D eigenvalue weighted by molar-refractivity contribution is 9.10. The van der Waals surface area contributed by atoms with Crippen molar-refractivity contribution in [3.63, 3.8) is 0 Å². The average Bonchev–Trinajstić information content (AvgIpc) is 3.45. The van der Waals surface area contributed by atoms with Crippen LogP contribution < -0.4 is 10.6 Å². The normalized spacial score (nSPS) is 27.1. The van der Waals surface area contributed by atoms with Gasteiger partial charge in [0, 0.05) is 26.3 Å². The third-order valence-corrected chi connectivity index (χ3v) is 9.46. The number of rotatable bonds is 6. The van der Waals surface area contributed by atoms with E-state index < -0.39 is 46.2 Å². The lowest BCUT2D eigenvalue weighted by Crippen LogP contribution is -2.54. The summed E-state index contributed by atoms with van der Waals surface area (Å²) in [7, 11) is 0. The summed E-state index contributed by atoms with van der Waals surface area (Å²) >= 11 is 6.82. The van der Waals surface area contributed by atoms with Crippen molar-refractivity contribution in [2.24, 2.45) is 11.8 Å². The largest absolute Gasteiger partial charge is 0.444 e. The Balaban J connectivity index is 0.000000260. The first-order valence-corrected chi connectivity index (χ1v) is 17.5. The van der Waals surface area contributed by atoms with E-state index in [0.29, 0.717) is 4.47 Å². The van der Waals surface area contributed by atoms with Gasteiger partial charge in [0.1, 0.15) is 22.6 Å². The number of aliphatic hydroxyl groups excluding tert-OH is 2. The van der Waals surface area contributed by atoms with Crippen molar-refractivity contribution in [1.29, 1.82) is 0 Å². The van der Waals surface area contributed by atoms with Crippen LogP contribution in [0.2, 0.25) is 0 Å². The molecule has 2 aliphatic rings. The van der Waals surface area contributed by atoms with E-state index in [1.165, 1.54) is 6.07 Å². The minimum Gasteiger partial charge on any atom is -0.444 e. The van der Waals surface area contributed by atoms with Gasteiger partial charge in [0.25, 0.3) is 0 Å². The molecule has 0 unspecified atom stereocenters. The molecule has 268 valence electrons. The van der Waals surface area contributed by atoms with Gasteiger partial charge in [0.05, 0.1) is 44.2 Å². The fourth-order valence-corrected chi connectivity index (χ4v) is 6.94. The van der Waals surface area contributed by atoms with Gasteiger partial charge in [0.2, 0.25) is 0 Å². The lowest BCUT2D eigenvalue weighted by Gasteiger charge is -2.37. The first-order valence-electron chi connectivity index (χ1n) is 15.9. The molecule has 0 aliphatic carbocycles. The van der Waals surface area contributed by atoms with Crippen LogP contribution in [0.25, 0.3) is 0 Å². The number of aliphatic hydroxyl groups is 2. The Labute approximate surface area is 299 Å². The number of hydrogen-bond donors (Lipinski definition) is 4. The first kappa shape index (κ1) is 40.1. The van der Waals surface area contributed by atoms with Crippen molar-refractivity contribution < 1.29 is 43.1 Å². The molecule has 6 atom stereocenters. The van der Waals surface area contributed by atoms with Crippen molar-refractivity contribution >= 4 is 44.0 Å². The molecule has 2 heterocycles. The lowest BCUT2D eigenvalue weighted by molar-refractivity contribution is 0.0379. The Hall–Kier alpha value is -2.29. The third kappa shape index (κ3) is 9.48. The van der Waals surface area contributed by atoms with Gasteiger partial charge in [-0.15, -0.1) is 0 Å². The van der Waals surface area contributed by atoms with Crippen molar-refractivity contribution in [1.82, 2.24) is 10.6 Å². The van der Waals surface area contributed by atoms with Crippen LogP contribution in [0.4, 0.5) is 14.0 Å². The number of alkyl carbamates (subject to hydrolysis) is 2. The van der Waals surface area contributed by atoms with Gasteiger partial charge in [-0.1, -0.05) is 37.9 Å². The number of ether oxygens (including phenoxy) is 4. The molecule has 2 aromatic carbocycles. The fourth-order valence-electron chi connectivity index (χ4n) is 6.21. The molecule has 0 aromatic heterocycles. The Bertz CT molecular complexity index is 1340. The van der Waals surface area contributed by atoms with Crippen molar-refractivity contribution in [2.75, 3.05) is 26.4 Å². The Kier molecular flexibility index (Phi) is 13.1. The molecular formula is C35H49Br2FN2O8. The predicted molar refractivity (Wildman–Crippen MR) is 187 cm³/mol. The van der Waals surface area contributed by atoms with E-state index >= 15 is 0 Å². The standard InChI is InChI=1S/C18H26BrNO4.C17H23BrFNO4/c1-11-6-7-13(19)8-14(11)18(10-23-12(2)15(18)9-21)20-16(22)24-17(3,4)5;1-10-13(8-21)17(9-23-10,20-15(22)24-16(2,3)4)12-7-11(18)5-6-14(12)19/h6-8,12,15,21H,9-10H2,1-5H3,(H,20,22);5-7,10,13,21H,8-9H2,1-4H3,(H,20,22)/t12-,15-,18-;10-,13-,17-/m01/s1. The highest BCUT2D eigenvalue weighted by Crippen LogP contribution is 2.43. The van der Waals surface area contributed by atoms with Crippen molar-refractivity contribution in [3.05, 3.63) is 67.9 Å². The van der Waals surface area contributed by atoms with E-state index in [-0.39, 0.29) is 50.1 Å². The highest BCUT2D eigenvalue weighted by Gasteiger charge is 2.53. The molecule has 2 aromatic rings. The quantitative estimate of drug-likeness (QED) is 0.250. The lowest BCUT2D eigenvalue weighted by atomic mass is 9.77. The number of carbonyl (C=O) groups excluding carboxylic acids is 2. The average molecular weight is 805 g/mol. The van der Waals surface area contributed by atoms with E-state index in [9.17, 15) is 24.2 Å². The van der Waals surface area contributed by atoms with E-state index in [1.54, 1.807) is 39.8 Å². The summed E-state index contributed by atoms with van der Waals surface area (Å²) in [5.74, 6) is -1.25. The van der Waals surface area contributed by atoms with Crippen LogP contribution >= 0.6 is 31.9 Å². The zero-order chi connectivity index (χ0) is 36.2. The second-order valence-electron chi connectivity index (χ2n) is 14.4. The Morgan fingerprint density at radius 2 is 1.21 bits per heavy atom. The first-order chi connectivity index (χ1) is 22.2. The maximum atomic E-state index is 14.5. The van der Waals surface area contributed by atoms with E-state index in [1.807, 2.05) is 52.8 Å². The summed E-state index contributed by atoms with van der Waals surface area (Å²) in [6, 6.07) is 10.4. The monoisotopic (exact) mass is 802 g/mol. The number of aryl methyl sites for hydroxylation is 1. The number of nitrogens with one attached hydrogen (secondary N) is 2. The van der Waals surface area contributed by atoms with Crippen molar-refractivity contribution in [2.45, 2.75) is 96.8 Å². The number of amides is 2. The van der Waals surface area contributed by atoms with Crippen LogP contribution in [0.1, 0.15) is 72.1 Å². The fraction of sp³-hybridized carbons (Fsp3) is 0.600. The predicted octanol–water partition coefficient (Wildman–Crippen LogP) is 6.84. The third-order valence-electron chi connectivity index (χ3n) is 8.48. The van der Waals surface area contributed by atoms with Crippen LogP contribution in [0, 0.1) is 24.6 Å². The summed E-state index contributed by atoms with van der Waals surface area (Å²) in [6.07, 6.45) is -1.72. The van der Waals surface area contributed by atoms with Gasteiger partial charge < -0.3 is 39.8 Å². The second kappa shape index (κ2) is 15.7. The molecule has 48 heavy (non-hydrogen) atoms. The highest BCUT2D eigenvalue weighted by atomic mass is 79.9. The number of benzene rings is 2. The Morgan fingerprint density at radius 1 is 0.812 bits per heavy atom. The maximum Gasteiger partial charge on any atom is 0.408 e. The molecule has 13 heteroatoms. The molecule has 0 bridgehead atoms. The molecule has 2 fully saturated rings. The van der Waals surface area contributed by atoms with Crippen LogP contribution in [-0.4, -0.2) is 72.2 Å². The summed E-state index contributed by atoms with van der Waals surface area (Å²) in [6.45, 7) is 16.4. The molecule has 4 N–H and O–H groups in total. The van der Waals surface area contributed by atoms with E-state index in [2.05, 4.69) is 42.5 Å². The zero-order valence-corrected chi connectivity index (χ0v) is 32.3. The second-order valence-corrected chi connectivity index (χ2v) is 16.2. The smallest absolute Gasteiger partial charge is 0.408 e. The zero-order valence-electron chi connectivity index (χ0n) is 29.1. The number of carbonyl (C=O) groups is 2. The molecule has 0 radical (unpaired) electrons. The van der Waals surface area contributed by atoms with Crippen LogP contribution in [0.5, 0.6) is 0 Å². The van der Waals surface area contributed by atoms with Gasteiger partial charge in [-0.3, -0.25) is 0 Å². The molecule has 0 saturated carbocycles. The van der Waals surface area contributed by atoms with Crippen LogP contribution in [0.15, 0.2) is 45.3 Å². The molecule has 2 amide bonds. The molecule has 2 saturated heterocycles. The van der Waals surface area contributed by atoms with Gasteiger partial charge in [0.15, 0.2) is 0 Å². The SMILES string of the molecule is C[C@H]1OC[C@@](NC(=O)OC(C)(C)C)(c2cc(Br)ccc2F)[C@@H]1CO.Cc1ccc(Br)cc1[C@@]1(NC(=O)OC(C)(C)C)CO[C@@H](C)[C@@H]1CO. The number of halogens is 3. The Morgan fingerprint density at radius 3 is 1.62 bits per heavy atom.